The van der Waals surface area contributed by atoms with E-state index in [9.17, 15) is 83.4 Å². The summed E-state index contributed by atoms with van der Waals surface area (Å²) in [6.45, 7) is 16.9. The molecule has 0 saturated carbocycles. The number of fused-ring (bicyclic) bond motifs is 8. The van der Waals surface area contributed by atoms with Crippen molar-refractivity contribution < 1.29 is 105 Å². The van der Waals surface area contributed by atoms with Gasteiger partial charge in [-0.15, -0.1) is 0 Å². The third-order valence-electron chi connectivity index (χ3n) is 19.4. The van der Waals surface area contributed by atoms with Crippen molar-refractivity contribution in [3.8, 4) is 0 Å². The van der Waals surface area contributed by atoms with E-state index in [1.165, 1.54) is 45.1 Å². The number of aromatic amines is 3. The molecule has 3 aliphatic rings. The van der Waals surface area contributed by atoms with Crippen LogP contribution in [0.2, 0.25) is 0 Å². The second-order valence-corrected chi connectivity index (χ2v) is 30.9. The van der Waals surface area contributed by atoms with Crippen molar-refractivity contribution in [1.82, 2.24) is 78.6 Å². The van der Waals surface area contributed by atoms with Gasteiger partial charge in [0, 0.05) is 81.2 Å². The number of carbonyl (C=O) groups is 12. The van der Waals surface area contributed by atoms with Crippen LogP contribution in [0.1, 0.15) is 187 Å². The van der Waals surface area contributed by atoms with Crippen molar-refractivity contribution in [3.05, 3.63) is 87.5 Å². The standard InChI is InChI=1S/C74H101N17O18S2.Fe.H3N/c1-32(2)64(72(106)86-46(17-21-61(98)99)68(102)87-47(74(108)109)13-11-12-22-75)90-73(107)65(38(8)92)91-70(104)56(23-41-28-78-31-79-41)88-71(105)57-30-111-40(10)63-35(5)50-24-48-33(3)42(14-19-59(94)95)52(81-48)27-53-43(15-20-60(96)97)34(4)49(82-53)25-54-62(36(6)51(84-54)26-55(63)83-50)39(9)110-29-44(76)67(101)80-37(7)66(100)85-45(69(103)89-57)16-18-58(77)93;;/h24-28,31-32,37-40,44-47,56-57,64-65,83-84,92H,11-23,29-30,75-76H2,1-10H3,(H2,77,93)(H,78,79)(H,80,101)(H,85,100)(H,86,106)(H,87,102)(H,88,105)(H,89,103)(H,90,107)(H,91,104)(H,94,95)(H,96,97)(H,98,99)(H,108,109);;1H3/q;+2;/p-2. The first-order valence-corrected chi connectivity index (χ1v) is 38.5. The molecule has 4 aromatic heterocycles. The molecule has 3 aliphatic heterocycles. The molecule has 616 valence electrons. The third kappa shape index (κ3) is 25.5. The number of aliphatic carboxylic acids is 4. The van der Waals surface area contributed by atoms with Crippen LogP contribution in [-0.4, -0.2) is 206 Å². The molecular formula is C74H102FeN18O18S2. The molecule has 0 saturated heterocycles. The minimum absolute atomic E-state index is 0. The predicted octanol–water partition coefficient (Wildman–Crippen LogP) is 1.37. The number of unbranched alkanes of at least 4 members (excludes halogenated alkanes) is 1. The number of hydrogen-bond acceptors (Lipinski definition) is 24. The number of thioether (sulfide) groups is 2. The van der Waals surface area contributed by atoms with Crippen LogP contribution >= 0.6 is 23.5 Å². The van der Waals surface area contributed by atoms with E-state index < -0.39 is 186 Å². The molecule has 12 unspecified atom stereocenters. The molecule has 0 aliphatic carbocycles. The molecule has 12 atom stereocenters. The van der Waals surface area contributed by atoms with Crippen molar-refractivity contribution in [2.24, 2.45) is 17.4 Å². The number of H-pyrrole nitrogens is 3. The second kappa shape index (κ2) is 42.7. The van der Waals surface area contributed by atoms with Gasteiger partial charge in [-0.1, -0.05) is 13.8 Å². The maximum atomic E-state index is 15.4. The van der Waals surface area contributed by atoms with Crippen LogP contribution in [0.15, 0.2) is 36.8 Å². The molecule has 8 amide bonds. The summed E-state index contributed by atoms with van der Waals surface area (Å²) in [4.78, 5) is 188. The minimum atomic E-state index is -1.91. The fourth-order valence-electron chi connectivity index (χ4n) is 13.1. The number of carbonyl (C=O) groups excluding carboxylic acids is 9. The Bertz CT molecular complexity index is 4450. The summed E-state index contributed by atoms with van der Waals surface area (Å²) < 4.78 is 0. The van der Waals surface area contributed by atoms with Gasteiger partial charge in [-0.3, -0.25) is 47.9 Å². The zero-order valence-corrected chi connectivity index (χ0v) is 67.2. The summed E-state index contributed by atoms with van der Waals surface area (Å²) >= 11 is 2.50. The number of allylic oxidation sites excluding steroid dienone is 4. The molecule has 0 aromatic carbocycles. The molecule has 9 bridgehead atoms. The quantitative estimate of drug-likeness (QED) is 0.0146. The molecule has 0 spiro atoms. The Morgan fingerprint density at radius 3 is 1.71 bits per heavy atom. The number of nitrogens with one attached hydrogen (secondary N) is 12. The predicted molar refractivity (Wildman–Crippen MR) is 416 cm³/mol. The number of aromatic nitrogens is 6. The minimum Gasteiger partial charge on any atom is -0.862 e. The summed E-state index contributed by atoms with van der Waals surface area (Å²) in [7, 11) is 0. The fourth-order valence-corrected chi connectivity index (χ4v) is 15.4. The van der Waals surface area contributed by atoms with E-state index in [0.717, 1.165) is 29.8 Å². The molecular weight excluding hydrogens is 1550 g/mol. The Morgan fingerprint density at radius 2 is 1.17 bits per heavy atom. The van der Waals surface area contributed by atoms with Gasteiger partial charge in [0.1, 0.15) is 48.3 Å². The number of imidazole rings is 1. The monoisotopic (exact) mass is 1650 g/mol. The number of carboxylic acids is 4. The second-order valence-electron chi connectivity index (χ2n) is 28.1. The van der Waals surface area contributed by atoms with Gasteiger partial charge in [-0.25, -0.2) is 19.7 Å². The number of amides is 8. The number of hydrogen-bond donors (Lipinski definition) is 19. The van der Waals surface area contributed by atoms with E-state index >= 15 is 4.79 Å². The average Bonchev–Trinajstić information content (AvgIpc) is 1.61. The Kier molecular flexibility index (Phi) is 35.4. The molecule has 113 heavy (non-hydrogen) atoms. The number of carboxylic acid groups (broad SMARTS) is 4. The molecule has 39 heteroatoms. The summed E-state index contributed by atoms with van der Waals surface area (Å²) in [6, 6.07) is -6.93. The fraction of sp³-hybridized carbons (Fsp3) is 0.514. The van der Waals surface area contributed by atoms with Crippen molar-refractivity contribution in [2.45, 2.75) is 217 Å². The van der Waals surface area contributed by atoms with Crippen LogP contribution in [0.3, 0.4) is 0 Å². The van der Waals surface area contributed by atoms with Gasteiger partial charge < -0.3 is 116 Å². The van der Waals surface area contributed by atoms with Crippen LogP contribution < -0.4 is 70.4 Å². The summed E-state index contributed by atoms with van der Waals surface area (Å²) in [6.07, 6.45) is -1.54. The number of rotatable bonds is 31. The summed E-state index contributed by atoms with van der Waals surface area (Å²) in [5.41, 5.74) is 21.8. The van der Waals surface area contributed by atoms with E-state index in [1.54, 1.807) is 19.1 Å². The average molecular weight is 1650 g/mol. The molecule has 23 N–H and O–H groups in total. The SMILES string of the molecule is CC1=C(CCC(=O)[O-])c2cc3nc(cc4[nH]c5cc6[nH]c(cc1n2)c(C)c6C(C)SCC(C(=O)NC(Cc1cnc[nH]1)C(=O)NC(C(=O)NC(C(=O)NC(CCC(=O)O)C(=O)NC(CCCCN)C(=O)O)C(C)C)C(C)O)NC(=O)C(CCC(=N)[O-])NC(=O)C(C)NC(=O)C(N)CSC(C)c4c5C)C(C)=C3CCC(=O)O.N.[Fe+2]. The van der Waals surface area contributed by atoms with Gasteiger partial charge in [0.2, 0.25) is 47.3 Å². The topological polar surface area (TPSA) is 625 Å². The largest absolute Gasteiger partial charge is 2.00 e. The van der Waals surface area contributed by atoms with Crippen LogP contribution in [-0.2, 0) is 81.0 Å². The van der Waals surface area contributed by atoms with E-state index in [1.807, 2.05) is 46.8 Å². The van der Waals surface area contributed by atoms with Gasteiger partial charge in [0.05, 0.1) is 41.2 Å². The zero-order valence-electron chi connectivity index (χ0n) is 64.5. The maximum Gasteiger partial charge on any atom is 2.00 e. The molecule has 0 fully saturated rings. The smallest absolute Gasteiger partial charge is 0.862 e. The number of aliphatic hydroxyl groups is 1. The van der Waals surface area contributed by atoms with Gasteiger partial charge >= 0.3 is 35.0 Å². The molecule has 4 aromatic rings. The van der Waals surface area contributed by atoms with E-state index in [-0.39, 0.29) is 79.1 Å². The third-order valence-corrected chi connectivity index (χ3v) is 22.0. The Hall–Kier alpha value is -10.0. The van der Waals surface area contributed by atoms with Gasteiger partial charge in [-0.05, 0) is 200 Å². The van der Waals surface area contributed by atoms with Crippen molar-refractivity contribution >= 4 is 145 Å². The number of aryl methyl sites for hydroxylation is 2. The van der Waals surface area contributed by atoms with Crippen molar-refractivity contribution in [3.63, 3.8) is 0 Å². The number of aliphatic hydroxyl groups excluding tert-OH is 1. The first kappa shape index (κ1) is 93.6. The summed E-state index contributed by atoms with van der Waals surface area (Å²) in [5.74, 6) is -15.4. The van der Waals surface area contributed by atoms with E-state index in [4.69, 9.17) is 26.8 Å². The zero-order chi connectivity index (χ0) is 82.0. The van der Waals surface area contributed by atoms with Gasteiger partial charge in [0.15, 0.2) is 0 Å². The molecule has 36 nitrogen and oxygen atoms in total. The van der Waals surface area contributed by atoms with Crippen molar-refractivity contribution in [1.29, 1.82) is 5.41 Å². The molecule has 7 rings (SSSR count). The van der Waals surface area contributed by atoms with Crippen LogP contribution in [0, 0.1) is 25.2 Å². The maximum absolute atomic E-state index is 15.4. The van der Waals surface area contributed by atoms with Crippen LogP contribution in [0.4, 0.5) is 0 Å². The molecule has 7 heterocycles. The number of nitrogens with two attached hydrogens (primary N) is 2. The molecule has 0 radical (unpaired) electrons. The number of nitrogens with zero attached hydrogens (tertiary/aromatic N) is 3. The Morgan fingerprint density at radius 1 is 0.628 bits per heavy atom. The van der Waals surface area contributed by atoms with Crippen molar-refractivity contribution in [2.75, 3.05) is 18.1 Å². The van der Waals surface area contributed by atoms with Crippen LogP contribution in [0.5, 0.6) is 0 Å². The first-order valence-electron chi connectivity index (χ1n) is 36.4. The first-order chi connectivity index (χ1) is 52.4. The van der Waals surface area contributed by atoms with E-state index in [0.29, 0.717) is 91.1 Å². The van der Waals surface area contributed by atoms with Gasteiger partial charge in [-0.2, -0.15) is 23.5 Å². The van der Waals surface area contributed by atoms with Crippen LogP contribution in [0.25, 0.3) is 44.4 Å². The summed E-state index contributed by atoms with van der Waals surface area (Å²) in [5, 5.41) is 91.9. The Labute approximate surface area is 670 Å². The Balaban J connectivity index is 0.0000114. The van der Waals surface area contributed by atoms with Gasteiger partial charge in [0.25, 0.3) is 0 Å². The van der Waals surface area contributed by atoms with E-state index in [2.05, 4.69) is 62.5 Å². The normalized spacial score (nSPS) is 19.3.